The summed E-state index contributed by atoms with van der Waals surface area (Å²) in [6.07, 6.45) is -0.461. The number of phenols is 1. The number of carbonyl (C=O) groups excluding carboxylic acids is 1. The lowest BCUT2D eigenvalue weighted by Crippen LogP contribution is -2.41. The van der Waals surface area contributed by atoms with Gasteiger partial charge in [-0.1, -0.05) is 0 Å². The van der Waals surface area contributed by atoms with E-state index in [1.807, 2.05) is 0 Å². The van der Waals surface area contributed by atoms with Crippen LogP contribution in [0, 0.1) is 0 Å². The van der Waals surface area contributed by atoms with Gasteiger partial charge in [0.15, 0.2) is 6.10 Å². The topological polar surface area (TPSA) is 49.8 Å². The fourth-order valence-electron chi connectivity index (χ4n) is 1.50. The van der Waals surface area contributed by atoms with Crippen molar-refractivity contribution in [3.05, 3.63) is 18.2 Å². The minimum atomic E-state index is -0.461. The number of anilines is 1. The molecule has 1 unspecified atom stereocenters. The summed E-state index contributed by atoms with van der Waals surface area (Å²) in [6, 6.07) is 4.71. The van der Waals surface area contributed by atoms with Crippen LogP contribution in [0.15, 0.2) is 18.2 Å². The standard InChI is InChI=1S/C10H11NO3/c1-6-10(13)11(2)8-5-7(12)3-4-9(8)14-6/h3-6,12H,1-2H3. The number of rotatable bonds is 0. The maximum Gasteiger partial charge on any atom is 0.267 e. The summed E-state index contributed by atoms with van der Waals surface area (Å²) in [7, 11) is 1.67. The molecular weight excluding hydrogens is 182 g/mol. The van der Waals surface area contributed by atoms with Crippen molar-refractivity contribution in [3.8, 4) is 11.5 Å². The van der Waals surface area contributed by atoms with Crippen molar-refractivity contribution in [1.29, 1.82) is 0 Å². The minimum absolute atomic E-state index is 0.108. The van der Waals surface area contributed by atoms with Crippen LogP contribution in [0.4, 0.5) is 5.69 Å². The van der Waals surface area contributed by atoms with Gasteiger partial charge in [0, 0.05) is 13.1 Å². The van der Waals surface area contributed by atoms with Crippen LogP contribution in [0.3, 0.4) is 0 Å². The monoisotopic (exact) mass is 193 g/mol. The van der Waals surface area contributed by atoms with Crippen LogP contribution in [0.25, 0.3) is 0 Å². The van der Waals surface area contributed by atoms with E-state index in [9.17, 15) is 9.90 Å². The molecule has 1 aromatic carbocycles. The Labute approximate surface area is 81.7 Å². The molecule has 1 N–H and O–H groups in total. The average molecular weight is 193 g/mol. The second-order valence-corrected chi connectivity index (χ2v) is 3.31. The van der Waals surface area contributed by atoms with Gasteiger partial charge in [-0.15, -0.1) is 0 Å². The van der Waals surface area contributed by atoms with E-state index in [4.69, 9.17) is 4.74 Å². The quantitative estimate of drug-likeness (QED) is 0.672. The van der Waals surface area contributed by atoms with E-state index in [0.717, 1.165) is 0 Å². The van der Waals surface area contributed by atoms with Crippen LogP contribution < -0.4 is 9.64 Å². The largest absolute Gasteiger partial charge is 0.508 e. The number of carbonyl (C=O) groups is 1. The van der Waals surface area contributed by atoms with Gasteiger partial charge in [-0.25, -0.2) is 0 Å². The number of amides is 1. The number of hydrogen-bond acceptors (Lipinski definition) is 3. The van der Waals surface area contributed by atoms with Gasteiger partial charge >= 0.3 is 0 Å². The zero-order valence-corrected chi connectivity index (χ0v) is 8.02. The predicted octanol–water partition coefficient (Wildman–Crippen LogP) is 1.14. The third-order valence-corrected chi connectivity index (χ3v) is 2.29. The second-order valence-electron chi connectivity index (χ2n) is 3.31. The summed E-state index contributed by atoms with van der Waals surface area (Å²) in [5, 5.41) is 9.26. The Morgan fingerprint density at radius 3 is 2.93 bits per heavy atom. The number of aromatic hydroxyl groups is 1. The van der Waals surface area contributed by atoms with Gasteiger partial charge in [-0.05, 0) is 19.1 Å². The van der Waals surface area contributed by atoms with Gasteiger partial charge in [0.05, 0.1) is 5.69 Å². The van der Waals surface area contributed by atoms with Crippen molar-refractivity contribution >= 4 is 11.6 Å². The molecule has 1 amide bonds. The first-order chi connectivity index (χ1) is 6.59. The number of nitrogens with zero attached hydrogens (tertiary/aromatic N) is 1. The lowest BCUT2D eigenvalue weighted by molar-refractivity contribution is -0.125. The van der Waals surface area contributed by atoms with E-state index < -0.39 is 6.10 Å². The van der Waals surface area contributed by atoms with Crippen molar-refractivity contribution in [2.24, 2.45) is 0 Å². The summed E-state index contributed by atoms with van der Waals surface area (Å²) < 4.78 is 5.37. The van der Waals surface area contributed by atoms with Crippen LogP contribution in [0.5, 0.6) is 11.5 Å². The summed E-state index contributed by atoms with van der Waals surface area (Å²) in [5.74, 6) is 0.641. The molecule has 1 atom stereocenters. The predicted molar refractivity (Wildman–Crippen MR) is 51.6 cm³/mol. The fraction of sp³-hybridized carbons (Fsp3) is 0.300. The molecule has 0 saturated carbocycles. The molecule has 14 heavy (non-hydrogen) atoms. The molecule has 74 valence electrons. The fourth-order valence-corrected chi connectivity index (χ4v) is 1.50. The van der Waals surface area contributed by atoms with E-state index in [1.54, 1.807) is 20.0 Å². The first-order valence-corrected chi connectivity index (χ1v) is 4.37. The smallest absolute Gasteiger partial charge is 0.267 e. The molecule has 4 heteroatoms. The van der Waals surface area contributed by atoms with E-state index in [0.29, 0.717) is 11.4 Å². The van der Waals surface area contributed by atoms with Crippen molar-refractivity contribution in [2.75, 3.05) is 11.9 Å². The first kappa shape index (κ1) is 8.87. The van der Waals surface area contributed by atoms with Gasteiger partial charge in [0.1, 0.15) is 11.5 Å². The Morgan fingerprint density at radius 2 is 2.21 bits per heavy atom. The van der Waals surface area contributed by atoms with Gasteiger partial charge in [-0.3, -0.25) is 4.79 Å². The molecular formula is C10H11NO3. The van der Waals surface area contributed by atoms with Crippen LogP contribution in [0.1, 0.15) is 6.92 Å². The van der Waals surface area contributed by atoms with Crippen LogP contribution in [0.2, 0.25) is 0 Å². The summed E-state index contributed by atoms with van der Waals surface area (Å²) in [4.78, 5) is 13.0. The van der Waals surface area contributed by atoms with E-state index >= 15 is 0 Å². The molecule has 1 aliphatic rings. The molecule has 4 nitrogen and oxygen atoms in total. The van der Waals surface area contributed by atoms with Crippen LogP contribution in [-0.4, -0.2) is 24.2 Å². The number of fused-ring (bicyclic) bond motifs is 1. The number of benzene rings is 1. The Kier molecular flexibility index (Phi) is 1.84. The van der Waals surface area contributed by atoms with Crippen molar-refractivity contribution in [1.82, 2.24) is 0 Å². The zero-order chi connectivity index (χ0) is 10.3. The highest BCUT2D eigenvalue weighted by Gasteiger charge is 2.28. The van der Waals surface area contributed by atoms with Crippen molar-refractivity contribution in [3.63, 3.8) is 0 Å². The van der Waals surface area contributed by atoms with E-state index in [-0.39, 0.29) is 11.7 Å². The SMILES string of the molecule is CC1Oc2ccc(O)cc2N(C)C1=O. The van der Waals surface area contributed by atoms with Crippen LogP contribution >= 0.6 is 0 Å². The zero-order valence-electron chi connectivity index (χ0n) is 8.02. The van der Waals surface area contributed by atoms with Gasteiger partial charge < -0.3 is 14.7 Å². The number of ether oxygens (including phenoxy) is 1. The lowest BCUT2D eigenvalue weighted by atomic mass is 10.2. The first-order valence-electron chi connectivity index (χ1n) is 4.37. The Hall–Kier alpha value is -1.71. The van der Waals surface area contributed by atoms with E-state index in [2.05, 4.69) is 0 Å². The van der Waals surface area contributed by atoms with Gasteiger partial charge in [-0.2, -0.15) is 0 Å². The molecule has 0 saturated heterocycles. The maximum absolute atomic E-state index is 11.5. The second kappa shape index (κ2) is 2.90. The molecule has 0 fully saturated rings. The highest BCUT2D eigenvalue weighted by molar-refractivity contribution is 5.99. The highest BCUT2D eigenvalue weighted by Crippen LogP contribution is 2.35. The molecule has 0 aromatic heterocycles. The molecule has 1 aliphatic heterocycles. The Balaban J connectivity index is 2.51. The summed E-state index contributed by atoms with van der Waals surface area (Å²) in [6.45, 7) is 1.70. The highest BCUT2D eigenvalue weighted by atomic mass is 16.5. The number of hydrogen-bond donors (Lipinski definition) is 1. The molecule has 2 rings (SSSR count). The third kappa shape index (κ3) is 1.19. The van der Waals surface area contributed by atoms with Gasteiger partial charge in [0.25, 0.3) is 5.91 Å². The Morgan fingerprint density at radius 1 is 1.50 bits per heavy atom. The average Bonchev–Trinajstić information content (AvgIpc) is 2.16. The molecule has 0 spiro atoms. The maximum atomic E-state index is 11.5. The number of phenolic OH excluding ortho intramolecular Hbond substituents is 1. The summed E-state index contributed by atoms with van der Waals surface area (Å²) >= 11 is 0. The molecule has 0 aliphatic carbocycles. The Bertz CT molecular complexity index is 389. The van der Waals surface area contributed by atoms with Crippen molar-refractivity contribution < 1.29 is 14.6 Å². The summed E-state index contributed by atoms with van der Waals surface area (Å²) in [5.41, 5.74) is 0.605. The minimum Gasteiger partial charge on any atom is -0.508 e. The third-order valence-electron chi connectivity index (χ3n) is 2.29. The number of likely N-dealkylation sites (N-methyl/N-ethyl adjacent to an activating group) is 1. The lowest BCUT2D eigenvalue weighted by Gasteiger charge is -2.30. The molecule has 0 radical (unpaired) electrons. The normalized spacial score (nSPS) is 20.3. The molecule has 0 bridgehead atoms. The van der Waals surface area contributed by atoms with Gasteiger partial charge in [0.2, 0.25) is 0 Å². The molecule has 1 heterocycles. The van der Waals surface area contributed by atoms with Crippen molar-refractivity contribution in [2.45, 2.75) is 13.0 Å². The van der Waals surface area contributed by atoms with E-state index in [1.165, 1.54) is 17.0 Å². The van der Waals surface area contributed by atoms with Crippen LogP contribution in [-0.2, 0) is 4.79 Å². The molecule has 1 aromatic rings.